The Morgan fingerprint density at radius 1 is 1.12 bits per heavy atom. The zero-order valence-corrected chi connectivity index (χ0v) is 19.5. The van der Waals surface area contributed by atoms with Crippen molar-refractivity contribution in [1.29, 1.82) is 0 Å². The van der Waals surface area contributed by atoms with Crippen LogP contribution in [-0.2, 0) is 11.8 Å². The summed E-state index contributed by atoms with van der Waals surface area (Å²) in [7, 11) is 0. The maximum absolute atomic E-state index is 13.0. The molecule has 0 amide bonds. The Labute approximate surface area is 199 Å². The topological polar surface area (TPSA) is 97.0 Å². The molecule has 2 aliphatic carbocycles. The molecule has 34 heavy (non-hydrogen) atoms. The van der Waals surface area contributed by atoms with Crippen LogP contribution in [0.15, 0.2) is 36.7 Å². The van der Waals surface area contributed by atoms with Crippen molar-refractivity contribution in [2.24, 2.45) is 11.7 Å². The van der Waals surface area contributed by atoms with Crippen molar-refractivity contribution in [3.05, 3.63) is 52.9 Å². The number of aliphatic hydroxyl groups is 1. The standard InChI is InChI=1S/C24H26F3N5OS/c1-14-10-15(12-17(11-14)31-21-29-9-4-19(32-21)24(25,26)27)18-13-30-20(34-18)23(33)5-2-16(3-6-23)22(28)7-8-22/h4,9-13,16,33H,2-3,5-8,28H2,1H3,(H,29,31,32)/t16-,23+. The summed E-state index contributed by atoms with van der Waals surface area (Å²) in [5.74, 6) is 0.339. The van der Waals surface area contributed by atoms with Gasteiger partial charge in [0.15, 0.2) is 0 Å². The highest BCUT2D eigenvalue weighted by atomic mass is 32.1. The van der Waals surface area contributed by atoms with Crippen molar-refractivity contribution in [3.8, 4) is 10.4 Å². The van der Waals surface area contributed by atoms with Crippen LogP contribution >= 0.6 is 11.3 Å². The van der Waals surface area contributed by atoms with Crippen molar-refractivity contribution in [3.63, 3.8) is 0 Å². The van der Waals surface area contributed by atoms with E-state index in [9.17, 15) is 18.3 Å². The number of aryl methyl sites for hydroxylation is 1. The highest BCUT2D eigenvalue weighted by Gasteiger charge is 2.49. The lowest BCUT2D eigenvalue weighted by Crippen LogP contribution is -2.40. The molecule has 1 aromatic carbocycles. The lowest BCUT2D eigenvalue weighted by atomic mass is 9.75. The van der Waals surface area contributed by atoms with Crippen LogP contribution in [0.3, 0.4) is 0 Å². The molecular formula is C24H26F3N5OS. The molecule has 2 fully saturated rings. The average molecular weight is 490 g/mol. The summed E-state index contributed by atoms with van der Waals surface area (Å²) in [6.45, 7) is 1.90. The van der Waals surface area contributed by atoms with E-state index in [4.69, 9.17) is 5.73 Å². The van der Waals surface area contributed by atoms with Gasteiger partial charge in [-0.25, -0.2) is 15.0 Å². The van der Waals surface area contributed by atoms with E-state index in [0.717, 1.165) is 54.0 Å². The molecule has 180 valence electrons. The van der Waals surface area contributed by atoms with Crippen LogP contribution in [0.4, 0.5) is 24.8 Å². The van der Waals surface area contributed by atoms with Gasteiger partial charge in [0.25, 0.3) is 0 Å². The fourth-order valence-corrected chi connectivity index (χ4v) is 5.81. The van der Waals surface area contributed by atoms with E-state index in [2.05, 4.69) is 20.3 Å². The lowest BCUT2D eigenvalue weighted by molar-refractivity contribution is -0.141. The van der Waals surface area contributed by atoms with Gasteiger partial charge in [0.05, 0.1) is 4.88 Å². The van der Waals surface area contributed by atoms with Crippen LogP contribution in [0, 0.1) is 12.8 Å². The van der Waals surface area contributed by atoms with Crippen molar-refractivity contribution in [1.82, 2.24) is 15.0 Å². The number of nitrogens with zero attached hydrogens (tertiary/aromatic N) is 3. The van der Waals surface area contributed by atoms with Crippen LogP contribution in [-0.4, -0.2) is 25.6 Å². The third kappa shape index (κ3) is 4.67. The normalized spacial score (nSPS) is 24.1. The van der Waals surface area contributed by atoms with Crippen molar-refractivity contribution >= 4 is 23.0 Å². The first-order valence-electron chi connectivity index (χ1n) is 11.3. The van der Waals surface area contributed by atoms with E-state index in [-0.39, 0.29) is 11.5 Å². The van der Waals surface area contributed by atoms with Crippen molar-refractivity contribution in [2.45, 2.75) is 62.8 Å². The summed E-state index contributed by atoms with van der Waals surface area (Å²) >= 11 is 1.45. The number of alkyl halides is 3. The van der Waals surface area contributed by atoms with Crippen LogP contribution < -0.4 is 11.1 Å². The molecule has 0 radical (unpaired) electrons. The molecule has 0 aliphatic heterocycles. The lowest BCUT2D eigenvalue weighted by Gasteiger charge is -2.37. The van der Waals surface area contributed by atoms with Gasteiger partial charge in [0, 0.05) is 23.6 Å². The fraction of sp³-hybridized carbons (Fsp3) is 0.458. The molecule has 0 bridgehead atoms. The summed E-state index contributed by atoms with van der Waals surface area (Å²) < 4.78 is 38.9. The van der Waals surface area contributed by atoms with Crippen molar-refractivity contribution < 1.29 is 18.3 Å². The monoisotopic (exact) mass is 489 g/mol. The summed E-state index contributed by atoms with van der Waals surface area (Å²) in [5.41, 5.74) is 6.75. The van der Waals surface area contributed by atoms with Gasteiger partial charge in [0.2, 0.25) is 5.95 Å². The van der Waals surface area contributed by atoms with Crippen LogP contribution in [0.1, 0.15) is 54.8 Å². The van der Waals surface area contributed by atoms with E-state index >= 15 is 0 Å². The van der Waals surface area contributed by atoms with Gasteiger partial charge in [-0.3, -0.25) is 0 Å². The first-order valence-corrected chi connectivity index (χ1v) is 12.1. The summed E-state index contributed by atoms with van der Waals surface area (Å²) in [6, 6.07) is 6.44. The average Bonchev–Trinajstić information content (AvgIpc) is 3.32. The van der Waals surface area contributed by atoms with Gasteiger partial charge in [-0.15, -0.1) is 11.3 Å². The van der Waals surface area contributed by atoms with Gasteiger partial charge < -0.3 is 16.2 Å². The molecule has 0 unspecified atom stereocenters. The maximum Gasteiger partial charge on any atom is 0.433 e. The quantitative estimate of drug-likeness (QED) is 0.435. The number of aromatic nitrogens is 3. The molecule has 3 aromatic rings. The predicted molar refractivity (Wildman–Crippen MR) is 125 cm³/mol. The van der Waals surface area contributed by atoms with E-state index in [1.54, 1.807) is 6.20 Å². The van der Waals surface area contributed by atoms with Gasteiger partial charge >= 0.3 is 6.18 Å². The Hall–Kier alpha value is -2.56. The van der Waals surface area contributed by atoms with E-state index in [1.807, 2.05) is 25.1 Å². The number of thiazole rings is 1. The molecule has 6 nitrogen and oxygen atoms in total. The zero-order valence-electron chi connectivity index (χ0n) is 18.7. The summed E-state index contributed by atoms with van der Waals surface area (Å²) in [6.07, 6.45) is 3.53. The Kier molecular flexibility index (Phi) is 5.65. The molecule has 2 aromatic heterocycles. The van der Waals surface area contributed by atoms with Gasteiger partial charge in [-0.1, -0.05) is 6.07 Å². The minimum Gasteiger partial charge on any atom is -0.383 e. The highest BCUT2D eigenvalue weighted by molar-refractivity contribution is 7.15. The number of halogens is 3. The van der Waals surface area contributed by atoms with E-state index in [1.165, 1.54) is 11.3 Å². The van der Waals surface area contributed by atoms with Crippen LogP contribution in [0.25, 0.3) is 10.4 Å². The molecule has 0 atom stereocenters. The van der Waals surface area contributed by atoms with Crippen LogP contribution in [0.5, 0.6) is 0 Å². The number of hydrogen-bond donors (Lipinski definition) is 3. The highest BCUT2D eigenvalue weighted by Crippen LogP contribution is 2.50. The minimum absolute atomic E-state index is 0.0241. The first-order chi connectivity index (χ1) is 16.0. The van der Waals surface area contributed by atoms with Crippen molar-refractivity contribution in [2.75, 3.05) is 5.32 Å². The molecule has 0 saturated heterocycles. The smallest absolute Gasteiger partial charge is 0.383 e. The third-order valence-corrected chi connectivity index (χ3v) is 8.16. The van der Waals surface area contributed by atoms with Gasteiger partial charge in [-0.2, -0.15) is 13.2 Å². The molecular weight excluding hydrogens is 463 g/mol. The molecule has 10 heteroatoms. The molecule has 2 heterocycles. The van der Waals surface area contributed by atoms with E-state index in [0.29, 0.717) is 29.5 Å². The molecule has 0 spiro atoms. The Morgan fingerprint density at radius 2 is 1.85 bits per heavy atom. The third-order valence-electron chi connectivity index (χ3n) is 6.92. The molecule has 2 saturated carbocycles. The molecule has 4 N–H and O–H groups in total. The second-order valence-electron chi connectivity index (χ2n) is 9.54. The Morgan fingerprint density at radius 3 is 2.53 bits per heavy atom. The number of nitrogens with two attached hydrogens (primary N) is 1. The first kappa shape index (κ1) is 23.2. The number of benzene rings is 1. The number of nitrogens with one attached hydrogen (secondary N) is 1. The Bertz CT molecular complexity index is 1200. The number of rotatable bonds is 5. The zero-order chi connectivity index (χ0) is 24.1. The van der Waals surface area contributed by atoms with Gasteiger partial charge in [0.1, 0.15) is 16.3 Å². The number of anilines is 2. The van der Waals surface area contributed by atoms with Gasteiger partial charge in [-0.05, 0) is 80.7 Å². The largest absolute Gasteiger partial charge is 0.433 e. The SMILES string of the molecule is Cc1cc(Nc2nccc(C(F)(F)F)n2)cc(-c2cnc([C@]3(O)CC[C@@H](C4(N)CC4)CC3)s2)c1. The number of hydrogen-bond acceptors (Lipinski definition) is 7. The predicted octanol–water partition coefficient (Wildman–Crippen LogP) is 5.54. The summed E-state index contributed by atoms with van der Waals surface area (Å²) in [4.78, 5) is 12.9. The van der Waals surface area contributed by atoms with Crippen LogP contribution in [0.2, 0.25) is 0 Å². The maximum atomic E-state index is 13.0. The van der Waals surface area contributed by atoms with E-state index < -0.39 is 17.5 Å². The fourth-order valence-electron chi connectivity index (χ4n) is 4.76. The molecule has 5 rings (SSSR count). The summed E-state index contributed by atoms with van der Waals surface area (Å²) in [5, 5.41) is 14.9. The second kappa shape index (κ2) is 8.28. The Balaban J connectivity index is 1.34. The minimum atomic E-state index is -4.54. The molecule has 2 aliphatic rings. The second-order valence-corrected chi connectivity index (χ2v) is 10.6.